The highest BCUT2D eigenvalue weighted by Gasteiger charge is 2.18. The molecule has 1 unspecified atom stereocenters. The molecule has 0 spiro atoms. The third kappa shape index (κ3) is 5.81. The molecule has 0 radical (unpaired) electrons. The number of amides is 2. The Labute approximate surface area is 137 Å². The van der Waals surface area contributed by atoms with Crippen LogP contribution in [0.5, 0.6) is 0 Å². The fourth-order valence-corrected chi connectivity index (χ4v) is 3.20. The number of likely N-dealkylation sites (tertiary alicyclic amines) is 1. The zero-order valence-corrected chi connectivity index (χ0v) is 14.1. The topological polar surface area (TPSA) is 105 Å². The van der Waals surface area contributed by atoms with Crippen molar-refractivity contribution in [3.8, 4) is 0 Å². The van der Waals surface area contributed by atoms with Gasteiger partial charge in [0.25, 0.3) is 0 Å². The number of carbonyl (C=O) groups excluding carboxylic acids is 1. The van der Waals surface area contributed by atoms with E-state index in [9.17, 15) is 13.2 Å². The van der Waals surface area contributed by atoms with Crippen molar-refractivity contribution >= 4 is 16.1 Å². The zero-order chi connectivity index (χ0) is 16.9. The van der Waals surface area contributed by atoms with Crippen LogP contribution in [-0.2, 0) is 16.4 Å². The van der Waals surface area contributed by atoms with Gasteiger partial charge in [0.05, 0.1) is 4.90 Å². The third-order valence-corrected chi connectivity index (χ3v) is 4.84. The van der Waals surface area contributed by atoms with Crippen molar-refractivity contribution in [3.05, 3.63) is 29.8 Å². The van der Waals surface area contributed by atoms with Crippen LogP contribution in [0.15, 0.2) is 29.2 Å². The summed E-state index contributed by atoms with van der Waals surface area (Å²) in [7, 11) is -1.61. The van der Waals surface area contributed by atoms with Crippen LogP contribution < -0.4 is 15.8 Å². The fourth-order valence-electron chi connectivity index (χ4n) is 2.69. The van der Waals surface area contributed by atoms with Crippen LogP contribution in [0, 0.1) is 0 Å². The van der Waals surface area contributed by atoms with Gasteiger partial charge in [0.2, 0.25) is 10.0 Å². The molecule has 1 fully saturated rings. The summed E-state index contributed by atoms with van der Waals surface area (Å²) in [4.78, 5) is 14.2. The monoisotopic (exact) mass is 340 g/mol. The number of nitrogens with zero attached hydrogens (tertiary/aromatic N) is 1. The number of hydrogen-bond acceptors (Lipinski definition) is 4. The summed E-state index contributed by atoms with van der Waals surface area (Å²) in [6.45, 7) is 2.44. The lowest BCUT2D eigenvalue weighted by Gasteiger charge is -2.30. The molecule has 0 aliphatic carbocycles. The Morgan fingerprint density at radius 3 is 2.65 bits per heavy atom. The highest BCUT2D eigenvalue weighted by molar-refractivity contribution is 7.89. The van der Waals surface area contributed by atoms with Crippen LogP contribution in [0.1, 0.15) is 18.4 Å². The summed E-state index contributed by atoms with van der Waals surface area (Å²) in [6.07, 6.45) is 2.73. The molecule has 1 aromatic carbocycles. The quantitative estimate of drug-likeness (QED) is 0.715. The number of nitrogens with one attached hydrogen (secondary N) is 2. The van der Waals surface area contributed by atoms with Crippen LogP contribution in [0.4, 0.5) is 4.79 Å². The first-order valence-electron chi connectivity index (χ1n) is 7.69. The minimum Gasteiger partial charge on any atom is -0.338 e. The van der Waals surface area contributed by atoms with Crippen LogP contribution in [0.2, 0.25) is 0 Å². The van der Waals surface area contributed by atoms with Gasteiger partial charge in [0.1, 0.15) is 0 Å². The van der Waals surface area contributed by atoms with E-state index < -0.39 is 10.0 Å². The second-order valence-corrected chi connectivity index (χ2v) is 7.50. The molecule has 0 bridgehead atoms. The molecule has 1 aliphatic rings. The normalized spacial score (nSPS) is 19.3. The Bertz CT molecular complexity index is 631. The van der Waals surface area contributed by atoms with E-state index in [4.69, 9.17) is 5.14 Å². The van der Waals surface area contributed by atoms with Crippen molar-refractivity contribution in [2.24, 2.45) is 5.14 Å². The van der Waals surface area contributed by atoms with Gasteiger partial charge in [-0.15, -0.1) is 0 Å². The van der Waals surface area contributed by atoms with Gasteiger partial charge in [-0.2, -0.15) is 0 Å². The standard InChI is InChI=1S/C15H24N4O3S/c1-19-10-2-3-13(11-19)18-15(20)17-9-8-12-4-6-14(7-5-12)23(16,21)22/h4-7,13H,2-3,8-11H2,1H3,(H2,16,21,22)(H2,17,18,20). The van der Waals surface area contributed by atoms with Crippen LogP contribution in [0.3, 0.4) is 0 Å². The predicted octanol–water partition coefficient (Wildman–Crippen LogP) is 0.270. The first kappa shape index (κ1) is 17.7. The fraction of sp³-hybridized carbons (Fsp3) is 0.533. The number of likely N-dealkylation sites (N-methyl/N-ethyl adjacent to an activating group) is 1. The van der Waals surface area contributed by atoms with E-state index in [1.165, 1.54) is 12.1 Å². The number of sulfonamides is 1. The van der Waals surface area contributed by atoms with Gasteiger partial charge in [0.15, 0.2) is 0 Å². The summed E-state index contributed by atoms with van der Waals surface area (Å²) in [5.74, 6) is 0. The Morgan fingerprint density at radius 1 is 1.35 bits per heavy atom. The second kappa shape index (κ2) is 7.76. The van der Waals surface area contributed by atoms with E-state index in [-0.39, 0.29) is 17.0 Å². The van der Waals surface area contributed by atoms with Gasteiger partial charge in [-0.3, -0.25) is 0 Å². The molecule has 8 heteroatoms. The van der Waals surface area contributed by atoms with Crippen LogP contribution in [-0.4, -0.2) is 52.1 Å². The lowest BCUT2D eigenvalue weighted by atomic mass is 10.1. The molecule has 128 valence electrons. The summed E-state index contributed by atoms with van der Waals surface area (Å²) in [5, 5.41) is 10.9. The minimum absolute atomic E-state index is 0.0911. The van der Waals surface area contributed by atoms with Gasteiger partial charge in [-0.1, -0.05) is 12.1 Å². The molecule has 1 heterocycles. The summed E-state index contributed by atoms with van der Waals surface area (Å²) >= 11 is 0. The Hall–Kier alpha value is -1.64. The molecule has 0 aromatic heterocycles. The molecule has 7 nitrogen and oxygen atoms in total. The van der Waals surface area contributed by atoms with E-state index in [2.05, 4.69) is 22.6 Å². The van der Waals surface area contributed by atoms with E-state index >= 15 is 0 Å². The van der Waals surface area contributed by atoms with Crippen molar-refractivity contribution in [3.63, 3.8) is 0 Å². The van der Waals surface area contributed by atoms with E-state index in [0.29, 0.717) is 13.0 Å². The molecule has 2 amide bonds. The summed E-state index contributed by atoms with van der Waals surface area (Å²) in [6, 6.07) is 6.39. The molecule has 1 aliphatic heterocycles. The highest BCUT2D eigenvalue weighted by Crippen LogP contribution is 2.09. The number of carbonyl (C=O) groups is 1. The molecule has 2 rings (SSSR count). The largest absolute Gasteiger partial charge is 0.338 e. The van der Waals surface area contributed by atoms with Crippen molar-refractivity contribution in [1.29, 1.82) is 0 Å². The Morgan fingerprint density at radius 2 is 2.04 bits per heavy atom. The third-order valence-electron chi connectivity index (χ3n) is 3.91. The molecule has 4 N–H and O–H groups in total. The average Bonchev–Trinajstić information content (AvgIpc) is 2.47. The maximum Gasteiger partial charge on any atom is 0.315 e. The van der Waals surface area contributed by atoms with Gasteiger partial charge in [-0.25, -0.2) is 18.4 Å². The molecule has 0 saturated carbocycles. The summed E-state index contributed by atoms with van der Waals surface area (Å²) in [5.41, 5.74) is 0.940. The SMILES string of the molecule is CN1CCCC(NC(=O)NCCc2ccc(S(N)(=O)=O)cc2)C1. The zero-order valence-electron chi connectivity index (χ0n) is 13.3. The first-order chi connectivity index (χ1) is 10.8. The molecule has 1 saturated heterocycles. The molecular weight excluding hydrogens is 316 g/mol. The number of urea groups is 1. The van der Waals surface area contributed by atoms with Crippen LogP contribution >= 0.6 is 0 Å². The molecule has 1 atom stereocenters. The van der Waals surface area contributed by atoms with E-state index in [1.54, 1.807) is 12.1 Å². The molecule has 23 heavy (non-hydrogen) atoms. The van der Waals surface area contributed by atoms with Crippen LogP contribution in [0.25, 0.3) is 0 Å². The minimum atomic E-state index is -3.66. The number of benzene rings is 1. The van der Waals surface area contributed by atoms with Crippen molar-refractivity contribution in [2.45, 2.75) is 30.2 Å². The lowest BCUT2D eigenvalue weighted by molar-refractivity contribution is 0.209. The summed E-state index contributed by atoms with van der Waals surface area (Å²) < 4.78 is 22.3. The van der Waals surface area contributed by atoms with Crippen molar-refractivity contribution in [1.82, 2.24) is 15.5 Å². The maximum atomic E-state index is 11.9. The highest BCUT2D eigenvalue weighted by atomic mass is 32.2. The molecule has 1 aromatic rings. The lowest BCUT2D eigenvalue weighted by Crippen LogP contribution is -2.49. The number of rotatable bonds is 5. The predicted molar refractivity (Wildman–Crippen MR) is 88.6 cm³/mol. The van der Waals surface area contributed by atoms with Gasteiger partial charge in [-0.05, 0) is 50.6 Å². The number of nitrogens with two attached hydrogens (primary N) is 1. The average molecular weight is 340 g/mol. The Kier molecular flexibility index (Phi) is 5.97. The number of hydrogen-bond donors (Lipinski definition) is 3. The first-order valence-corrected chi connectivity index (χ1v) is 9.24. The van der Waals surface area contributed by atoms with Gasteiger partial charge < -0.3 is 15.5 Å². The van der Waals surface area contributed by atoms with E-state index in [0.717, 1.165) is 31.5 Å². The Balaban J connectivity index is 1.73. The smallest absolute Gasteiger partial charge is 0.315 e. The number of primary sulfonamides is 1. The van der Waals surface area contributed by atoms with Gasteiger partial charge >= 0.3 is 6.03 Å². The van der Waals surface area contributed by atoms with E-state index in [1.807, 2.05) is 0 Å². The maximum absolute atomic E-state index is 11.9. The van der Waals surface area contributed by atoms with Crippen molar-refractivity contribution < 1.29 is 13.2 Å². The molecular formula is C15H24N4O3S. The second-order valence-electron chi connectivity index (χ2n) is 5.94. The number of piperidine rings is 1. The van der Waals surface area contributed by atoms with Gasteiger partial charge in [0, 0.05) is 19.1 Å². The van der Waals surface area contributed by atoms with Crippen molar-refractivity contribution in [2.75, 3.05) is 26.7 Å².